The highest BCUT2D eigenvalue weighted by Gasteiger charge is 2.66. The molecule has 12 N–H and O–H groups in total. The normalized spacial score (nSPS) is 25.9. The van der Waals surface area contributed by atoms with Gasteiger partial charge in [-0.3, -0.25) is 24.4 Å². The monoisotopic (exact) mass is 1360 g/mol. The maximum atomic E-state index is 14.3. The minimum Gasteiger partial charge on any atom is -0.479 e. The molecule has 4 saturated carbocycles. The molecule has 5 heterocycles. The number of nitrogens with two attached hydrogens (primary N) is 1. The van der Waals surface area contributed by atoms with Gasteiger partial charge in [-0.15, -0.1) is 0 Å². The van der Waals surface area contributed by atoms with Crippen LogP contribution in [0.3, 0.4) is 0 Å². The number of anilines is 3. The molecule has 6 aliphatic rings. The standard InChI is InChI=1S/C70H88N10O16S/c1-38(2)54(71)62(88)73-39(3)60(86)74-44-16-14-43(42(26-44)15-18-51-56(83)57(84)58(85)59(96-51)64(91)92)30-94-66(93)78(23-21-45(82)29-81)24-25-95-70-34-67(5)31-68(6,35-70)33-69(32-67,36-70)37-80-40(4)48(27-72-80)46-17-19-53(76-55(46)63(89)90)79-22-20-41-10-9-11-47(49(41)28-79)61(87)77-65-75-50-12-7-8-13-52(50)97-65/h7-14,16-17,19,26-27,38-39,45,51,54,56-59,81-85H,15,18,20-25,28-37,71H2,1-6H3,(H,73,88)(H,74,86)(H,89,90)(H,91,92)(H,75,77,87)/t39-,45-,51-,54-,56-,57+,58-,59-,67?,68?,69?,70?/m0/s1. The number of nitrogens with zero attached hydrogens (tertiary/aromatic N) is 6. The van der Waals surface area contributed by atoms with Crippen molar-refractivity contribution in [1.29, 1.82) is 0 Å². The fourth-order valence-corrected chi connectivity index (χ4v) is 17.3. The highest BCUT2D eigenvalue weighted by Crippen LogP contribution is 2.72. The van der Waals surface area contributed by atoms with Crippen LogP contribution in [0.5, 0.6) is 0 Å². The Kier molecular flexibility index (Phi) is 20.6. The Morgan fingerprint density at radius 3 is 2.31 bits per heavy atom. The van der Waals surface area contributed by atoms with E-state index in [1.54, 1.807) is 50.4 Å². The first-order valence-electron chi connectivity index (χ1n) is 33.1. The number of aromatic carboxylic acids is 1. The molecule has 97 heavy (non-hydrogen) atoms. The van der Waals surface area contributed by atoms with Gasteiger partial charge in [0.25, 0.3) is 5.91 Å². The quantitative estimate of drug-likeness (QED) is 0.0288. The number of carboxylic acid groups (broad SMARTS) is 2. The average Bonchev–Trinajstić information content (AvgIpc) is 1.57. The summed E-state index contributed by atoms with van der Waals surface area (Å²) in [6, 6.07) is 19.9. The Hall–Kier alpha value is -7.99. The molecule has 2 unspecified atom stereocenters. The van der Waals surface area contributed by atoms with E-state index in [2.05, 4.69) is 34.8 Å². The molecule has 0 spiro atoms. The van der Waals surface area contributed by atoms with Crippen molar-refractivity contribution in [3.8, 4) is 11.1 Å². The van der Waals surface area contributed by atoms with Gasteiger partial charge in [0.15, 0.2) is 16.9 Å². The molecule has 12 rings (SSSR count). The Balaban J connectivity index is 0.769. The Labute approximate surface area is 565 Å². The number of pyridine rings is 1. The summed E-state index contributed by atoms with van der Waals surface area (Å²) in [6.45, 7) is 12.4. The van der Waals surface area contributed by atoms with Gasteiger partial charge in [0, 0.05) is 60.8 Å². The van der Waals surface area contributed by atoms with E-state index in [1.165, 1.54) is 23.2 Å². The SMILES string of the molecule is Cc1c(-c2ccc(N3CCc4cccc(C(=O)Nc5nc6ccccc6s5)c4C3)nc2C(=O)O)cnn1CC12CC3(C)CC(C)(C1)CC(OCCN(CC[C@H](O)CO)C(=O)OCc1ccc(NC(=O)[C@H](C)NC(=O)[C@@H](N)C(C)C)cc1CC[C@@H]1O[C@H](C(=O)O)[C@@H](O)[C@H](O)[C@H]1O)(C3)C2. The molecule has 3 aromatic heterocycles. The lowest BCUT2D eigenvalue weighted by molar-refractivity contribution is -0.248. The van der Waals surface area contributed by atoms with Crippen molar-refractivity contribution in [1.82, 2.24) is 30.0 Å². The lowest BCUT2D eigenvalue weighted by atomic mass is 9.39. The number of aromatic nitrogens is 4. The fourth-order valence-electron chi connectivity index (χ4n) is 16.4. The second kappa shape index (κ2) is 28.5. The number of aliphatic hydroxyl groups is 5. The molecular formula is C70H88N10O16S. The number of amides is 4. The molecule has 3 aromatic carbocycles. The summed E-state index contributed by atoms with van der Waals surface area (Å²) < 4.78 is 21.6. The highest BCUT2D eigenvalue weighted by atomic mass is 32.1. The van der Waals surface area contributed by atoms with Crippen molar-refractivity contribution in [2.45, 2.75) is 180 Å². The third-order valence-corrected chi connectivity index (χ3v) is 21.1. The molecule has 10 atom stereocenters. The van der Waals surface area contributed by atoms with Gasteiger partial charge < -0.3 is 76.1 Å². The van der Waals surface area contributed by atoms with Crippen LogP contribution in [0.15, 0.2) is 79.0 Å². The highest BCUT2D eigenvalue weighted by molar-refractivity contribution is 7.22. The molecule has 4 amide bonds. The molecule has 6 aromatic rings. The van der Waals surface area contributed by atoms with Crippen LogP contribution in [-0.4, -0.2) is 183 Å². The summed E-state index contributed by atoms with van der Waals surface area (Å²) in [5.41, 5.74) is 11.1. The maximum absolute atomic E-state index is 14.3. The number of fused-ring (bicyclic) bond motifs is 2. The first-order valence-corrected chi connectivity index (χ1v) is 33.9. The number of nitrogens with one attached hydrogen (secondary N) is 3. The number of rotatable bonds is 26. The third kappa shape index (κ3) is 15.3. The molecule has 4 bridgehead atoms. The second-order valence-corrected chi connectivity index (χ2v) is 29.6. The number of carbonyl (C=O) groups excluding carboxylic acids is 4. The predicted molar refractivity (Wildman–Crippen MR) is 359 cm³/mol. The van der Waals surface area contributed by atoms with E-state index in [9.17, 15) is 64.5 Å². The van der Waals surface area contributed by atoms with Crippen LogP contribution in [0, 0.1) is 29.1 Å². The Morgan fingerprint density at radius 2 is 1.60 bits per heavy atom. The maximum Gasteiger partial charge on any atom is 0.410 e. The van der Waals surface area contributed by atoms with Crippen LogP contribution < -0.4 is 26.6 Å². The van der Waals surface area contributed by atoms with Gasteiger partial charge in [0.1, 0.15) is 36.8 Å². The third-order valence-electron chi connectivity index (χ3n) is 20.2. The minimum atomic E-state index is -1.90. The van der Waals surface area contributed by atoms with Crippen molar-refractivity contribution in [2.75, 3.05) is 48.4 Å². The number of hydrogen-bond acceptors (Lipinski definition) is 20. The number of ether oxygens (including phenoxy) is 3. The van der Waals surface area contributed by atoms with Crippen molar-refractivity contribution < 1.29 is 78.7 Å². The number of carbonyl (C=O) groups is 6. The number of para-hydroxylation sites is 1. The van der Waals surface area contributed by atoms with Gasteiger partial charge in [-0.1, -0.05) is 69.4 Å². The van der Waals surface area contributed by atoms with Crippen LogP contribution >= 0.6 is 11.3 Å². The van der Waals surface area contributed by atoms with E-state index in [0.29, 0.717) is 71.2 Å². The second-order valence-electron chi connectivity index (χ2n) is 28.5. The fraction of sp³-hybridized carbons (Fsp3) is 0.529. The number of thiazole rings is 1. The summed E-state index contributed by atoms with van der Waals surface area (Å²) >= 11 is 1.40. The molecule has 5 fully saturated rings. The van der Waals surface area contributed by atoms with Crippen molar-refractivity contribution in [3.05, 3.63) is 118 Å². The van der Waals surface area contributed by atoms with Gasteiger partial charge in [0.05, 0.1) is 53.5 Å². The smallest absolute Gasteiger partial charge is 0.410 e. The summed E-state index contributed by atoms with van der Waals surface area (Å²) in [5.74, 6) is -3.81. The molecule has 0 radical (unpaired) electrons. The number of aryl methyl sites for hydroxylation is 1. The van der Waals surface area contributed by atoms with Gasteiger partial charge in [-0.2, -0.15) is 5.10 Å². The summed E-state index contributed by atoms with van der Waals surface area (Å²) in [7, 11) is 0. The molecule has 4 aliphatic carbocycles. The number of benzene rings is 3. The average molecular weight is 1360 g/mol. The summed E-state index contributed by atoms with van der Waals surface area (Å²) in [5, 5.41) is 86.5. The van der Waals surface area contributed by atoms with Gasteiger partial charge in [-0.25, -0.2) is 24.4 Å². The van der Waals surface area contributed by atoms with Crippen molar-refractivity contribution >= 4 is 73.9 Å². The zero-order chi connectivity index (χ0) is 69.5. The van der Waals surface area contributed by atoms with Crippen LogP contribution in [-0.2, 0) is 61.1 Å². The Morgan fingerprint density at radius 1 is 0.845 bits per heavy atom. The van der Waals surface area contributed by atoms with Crippen LogP contribution in [0.2, 0.25) is 0 Å². The van der Waals surface area contributed by atoms with Gasteiger partial charge in [0.2, 0.25) is 11.8 Å². The topological polar surface area (TPSA) is 384 Å². The number of carboxylic acids is 2. The summed E-state index contributed by atoms with van der Waals surface area (Å²) in [6.07, 6.45) is -3.01. The number of hydrogen-bond donors (Lipinski definition) is 11. The van der Waals surface area contributed by atoms with Crippen LogP contribution in [0.25, 0.3) is 21.3 Å². The molecule has 520 valence electrons. The molecular weight excluding hydrogens is 1270 g/mol. The molecule has 26 nitrogen and oxygen atoms in total. The number of aliphatic hydroxyl groups excluding tert-OH is 5. The van der Waals surface area contributed by atoms with E-state index in [0.717, 1.165) is 59.1 Å². The largest absolute Gasteiger partial charge is 0.479 e. The van der Waals surface area contributed by atoms with Crippen molar-refractivity contribution in [3.63, 3.8) is 0 Å². The molecule has 1 saturated heterocycles. The van der Waals surface area contributed by atoms with E-state index in [1.807, 2.05) is 59.0 Å². The van der Waals surface area contributed by atoms with Gasteiger partial charge >= 0.3 is 18.0 Å². The van der Waals surface area contributed by atoms with E-state index < -0.39 is 90.8 Å². The van der Waals surface area contributed by atoms with E-state index in [-0.39, 0.29) is 85.0 Å². The summed E-state index contributed by atoms with van der Waals surface area (Å²) in [4.78, 5) is 92.2. The molecule has 27 heteroatoms. The predicted octanol–water partition coefficient (Wildman–Crippen LogP) is 6.19. The van der Waals surface area contributed by atoms with E-state index >= 15 is 0 Å². The zero-order valence-electron chi connectivity index (χ0n) is 55.4. The first kappa shape index (κ1) is 70.3. The van der Waals surface area contributed by atoms with E-state index in [4.69, 9.17) is 30.0 Å². The lowest BCUT2D eigenvalue weighted by Crippen LogP contribution is -2.64. The number of aliphatic carboxylic acids is 1. The Bertz CT molecular complexity index is 3900. The lowest BCUT2D eigenvalue weighted by Gasteiger charge is -2.69. The zero-order valence-corrected chi connectivity index (χ0v) is 56.2. The minimum absolute atomic E-state index is 0.00967. The van der Waals surface area contributed by atoms with Gasteiger partial charge in [-0.05, 0) is 165 Å². The van der Waals surface area contributed by atoms with Crippen LogP contribution in [0.4, 0.5) is 21.4 Å². The van der Waals surface area contributed by atoms with Crippen LogP contribution in [0.1, 0.15) is 135 Å². The van der Waals surface area contributed by atoms with Crippen molar-refractivity contribution in [2.24, 2.45) is 27.9 Å². The molecule has 2 aliphatic heterocycles. The first-order chi connectivity index (χ1) is 46.1.